The molecule has 1 aromatic carbocycles. The second-order valence-electron chi connectivity index (χ2n) is 7.04. The highest BCUT2D eigenvalue weighted by atomic mass is 16.1. The van der Waals surface area contributed by atoms with Gasteiger partial charge in [-0.3, -0.25) is 0 Å². The zero-order valence-electron chi connectivity index (χ0n) is 12.5. The number of rotatable bonds is 3. The fourth-order valence-corrected chi connectivity index (χ4v) is 4.46. The van der Waals surface area contributed by atoms with Gasteiger partial charge in [0.05, 0.1) is 5.54 Å². The van der Waals surface area contributed by atoms with Crippen molar-refractivity contribution in [3.8, 4) is 0 Å². The van der Waals surface area contributed by atoms with Gasteiger partial charge in [-0.15, -0.1) is 0 Å². The molecule has 110 valence electrons. The van der Waals surface area contributed by atoms with E-state index < -0.39 is 0 Å². The van der Waals surface area contributed by atoms with Crippen molar-refractivity contribution in [3.63, 3.8) is 0 Å². The van der Waals surface area contributed by atoms with Crippen LogP contribution in [-0.4, -0.2) is 30.6 Å². The summed E-state index contributed by atoms with van der Waals surface area (Å²) in [6.45, 7) is 3.75. The van der Waals surface area contributed by atoms with Gasteiger partial charge in [-0.05, 0) is 74.7 Å². The van der Waals surface area contributed by atoms with Crippen LogP contribution in [0.15, 0.2) is 29.3 Å². The highest BCUT2D eigenvalue weighted by Gasteiger charge is 2.42. The molecule has 4 aliphatic rings. The van der Waals surface area contributed by atoms with E-state index in [-0.39, 0.29) is 5.54 Å². The Morgan fingerprint density at radius 2 is 1.48 bits per heavy atom. The molecule has 2 bridgehead atoms. The third-order valence-electron chi connectivity index (χ3n) is 6.19. The Kier molecular flexibility index (Phi) is 3.02. The van der Waals surface area contributed by atoms with Crippen LogP contribution in [0, 0.1) is 0 Å². The maximum Gasteiger partial charge on any atom is 0.235 e. The molecule has 0 spiro atoms. The van der Waals surface area contributed by atoms with E-state index in [0.29, 0.717) is 5.41 Å². The molecule has 0 amide bonds. The summed E-state index contributed by atoms with van der Waals surface area (Å²) in [5.74, 6) is 0. The van der Waals surface area contributed by atoms with Crippen molar-refractivity contribution in [3.05, 3.63) is 35.4 Å². The van der Waals surface area contributed by atoms with Gasteiger partial charge in [0.2, 0.25) is 6.08 Å². The van der Waals surface area contributed by atoms with Crippen molar-refractivity contribution in [2.45, 2.75) is 49.5 Å². The third kappa shape index (κ3) is 1.99. The average molecular weight is 282 g/mol. The van der Waals surface area contributed by atoms with Crippen LogP contribution in [0.4, 0.5) is 0 Å². The lowest BCUT2D eigenvalue weighted by Crippen LogP contribution is -2.50. The lowest BCUT2D eigenvalue weighted by Gasteiger charge is -2.49. The first-order valence-electron chi connectivity index (χ1n) is 8.19. The van der Waals surface area contributed by atoms with Crippen molar-refractivity contribution in [2.24, 2.45) is 4.99 Å². The summed E-state index contributed by atoms with van der Waals surface area (Å²) in [5, 5.41) is 0. The molecule has 0 unspecified atom stereocenters. The first kappa shape index (κ1) is 13.2. The fraction of sp³-hybridized carbons (Fsp3) is 0.611. The van der Waals surface area contributed by atoms with Crippen LogP contribution in [0.2, 0.25) is 0 Å². The lowest BCUT2D eigenvalue weighted by molar-refractivity contribution is 0.0817. The van der Waals surface area contributed by atoms with Crippen LogP contribution in [0.25, 0.3) is 0 Å². The van der Waals surface area contributed by atoms with E-state index in [4.69, 9.17) is 0 Å². The number of benzene rings is 1. The SMILES string of the molecule is O=C=NC1(c2ccc(C34CCN(CC3)CC4)cc2)CCC1. The first-order chi connectivity index (χ1) is 10.3. The predicted molar refractivity (Wildman–Crippen MR) is 82.1 cm³/mol. The Bertz CT molecular complexity index is 560. The molecule has 0 atom stereocenters. The van der Waals surface area contributed by atoms with Gasteiger partial charge in [-0.2, -0.15) is 4.99 Å². The number of carbonyl (C=O) groups excluding carboxylic acids is 1. The van der Waals surface area contributed by atoms with E-state index in [2.05, 4.69) is 34.2 Å². The molecule has 1 saturated carbocycles. The third-order valence-corrected chi connectivity index (χ3v) is 6.19. The van der Waals surface area contributed by atoms with Gasteiger partial charge in [-0.25, -0.2) is 4.79 Å². The van der Waals surface area contributed by atoms with Crippen LogP contribution in [0.3, 0.4) is 0 Å². The summed E-state index contributed by atoms with van der Waals surface area (Å²) < 4.78 is 0. The van der Waals surface area contributed by atoms with Gasteiger partial charge in [-0.1, -0.05) is 24.3 Å². The number of hydrogen-bond acceptors (Lipinski definition) is 3. The molecule has 1 aromatic rings. The van der Waals surface area contributed by atoms with Crippen molar-refractivity contribution in [2.75, 3.05) is 19.6 Å². The number of isocyanates is 1. The largest absolute Gasteiger partial charge is 0.303 e. The summed E-state index contributed by atoms with van der Waals surface area (Å²) >= 11 is 0. The molecule has 3 saturated heterocycles. The normalized spacial score (nSPS) is 33.0. The minimum Gasteiger partial charge on any atom is -0.303 e. The van der Waals surface area contributed by atoms with Crippen LogP contribution >= 0.6 is 0 Å². The maximum absolute atomic E-state index is 10.7. The van der Waals surface area contributed by atoms with E-state index in [1.165, 1.54) is 50.0 Å². The van der Waals surface area contributed by atoms with E-state index >= 15 is 0 Å². The van der Waals surface area contributed by atoms with Crippen molar-refractivity contribution in [1.82, 2.24) is 4.90 Å². The van der Waals surface area contributed by atoms with Gasteiger partial charge in [0.15, 0.2) is 0 Å². The zero-order chi connectivity index (χ0) is 14.3. The first-order valence-corrected chi connectivity index (χ1v) is 8.19. The number of piperidine rings is 3. The van der Waals surface area contributed by atoms with E-state index in [0.717, 1.165) is 19.3 Å². The second kappa shape index (κ2) is 4.79. The fourth-order valence-electron chi connectivity index (χ4n) is 4.46. The number of fused-ring (bicyclic) bond motifs is 3. The Morgan fingerprint density at radius 3 is 1.95 bits per heavy atom. The summed E-state index contributed by atoms with van der Waals surface area (Å²) in [6, 6.07) is 9.03. The summed E-state index contributed by atoms with van der Waals surface area (Å²) in [7, 11) is 0. The molecule has 21 heavy (non-hydrogen) atoms. The minimum absolute atomic E-state index is 0.256. The summed E-state index contributed by atoms with van der Waals surface area (Å²) in [6.07, 6.45) is 8.80. The standard InChI is InChI=1S/C18H22N2O/c21-14-19-18(6-1-7-18)16-4-2-15(3-5-16)17-8-11-20(12-9-17)13-10-17/h2-5H,1,6-13H2. The molecule has 3 heterocycles. The van der Waals surface area contributed by atoms with E-state index in [9.17, 15) is 4.79 Å². The number of aliphatic imine (C=N–C) groups is 1. The van der Waals surface area contributed by atoms with Gasteiger partial charge >= 0.3 is 0 Å². The van der Waals surface area contributed by atoms with Crippen LogP contribution in [0.1, 0.15) is 49.7 Å². The molecule has 3 nitrogen and oxygen atoms in total. The molecule has 0 N–H and O–H groups in total. The second-order valence-corrected chi connectivity index (χ2v) is 7.04. The lowest BCUT2D eigenvalue weighted by atomic mass is 9.66. The smallest absolute Gasteiger partial charge is 0.235 e. The number of hydrogen-bond donors (Lipinski definition) is 0. The van der Waals surface area contributed by atoms with Crippen LogP contribution in [0.5, 0.6) is 0 Å². The highest BCUT2D eigenvalue weighted by molar-refractivity contribution is 5.41. The van der Waals surface area contributed by atoms with Gasteiger partial charge < -0.3 is 4.90 Å². The Hall–Kier alpha value is -1.44. The van der Waals surface area contributed by atoms with Crippen molar-refractivity contribution in [1.29, 1.82) is 0 Å². The minimum atomic E-state index is -0.256. The number of nitrogens with zero attached hydrogens (tertiary/aromatic N) is 2. The molecule has 3 aliphatic heterocycles. The van der Waals surface area contributed by atoms with Crippen LogP contribution < -0.4 is 0 Å². The molecule has 5 rings (SSSR count). The Balaban J connectivity index is 1.63. The molecule has 0 radical (unpaired) electrons. The summed E-state index contributed by atoms with van der Waals surface area (Å²) in [4.78, 5) is 17.4. The topological polar surface area (TPSA) is 32.7 Å². The summed E-state index contributed by atoms with van der Waals surface area (Å²) in [5.41, 5.74) is 2.85. The van der Waals surface area contributed by atoms with Gasteiger partial charge in [0.1, 0.15) is 0 Å². The van der Waals surface area contributed by atoms with Gasteiger partial charge in [0.25, 0.3) is 0 Å². The predicted octanol–water partition coefficient (Wildman–Crippen LogP) is 3.14. The van der Waals surface area contributed by atoms with Crippen molar-refractivity contribution >= 4 is 6.08 Å². The molecule has 1 aliphatic carbocycles. The van der Waals surface area contributed by atoms with Gasteiger partial charge in [0, 0.05) is 0 Å². The Morgan fingerprint density at radius 1 is 0.905 bits per heavy atom. The van der Waals surface area contributed by atoms with Crippen LogP contribution in [-0.2, 0) is 15.7 Å². The van der Waals surface area contributed by atoms with Crippen molar-refractivity contribution < 1.29 is 4.79 Å². The maximum atomic E-state index is 10.7. The molecular formula is C18H22N2O. The quantitative estimate of drug-likeness (QED) is 0.630. The zero-order valence-corrected chi connectivity index (χ0v) is 12.5. The average Bonchev–Trinajstić information content (AvgIpc) is 2.53. The van der Waals surface area contributed by atoms with E-state index in [1.807, 2.05) is 0 Å². The molecular weight excluding hydrogens is 260 g/mol. The monoisotopic (exact) mass is 282 g/mol. The molecule has 4 fully saturated rings. The molecule has 3 heteroatoms. The highest BCUT2D eigenvalue weighted by Crippen LogP contribution is 2.47. The Labute approximate surface area is 126 Å². The van der Waals surface area contributed by atoms with E-state index in [1.54, 1.807) is 6.08 Å². The molecule has 0 aromatic heterocycles.